The zero-order valence-corrected chi connectivity index (χ0v) is 18.5. The molecular weight excluding hydrogens is 420 g/mol. The molecule has 1 aliphatic heterocycles. The maximum Gasteiger partial charge on any atom is 0.339 e. The lowest BCUT2D eigenvalue weighted by molar-refractivity contribution is -0.135. The SMILES string of the molecule is CC(C)n1ncc2c(C(=O)OCC(=O)N3CCc4ccccc4C3)cc(-c3ccco3)nc21. The van der Waals surface area contributed by atoms with E-state index in [4.69, 9.17) is 9.15 Å². The van der Waals surface area contributed by atoms with Crippen LogP contribution in [0.3, 0.4) is 0 Å². The highest BCUT2D eigenvalue weighted by Crippen LogP contribution is 2.27. The van der Waals surface area contributed by atoms with Crippen LogP contribution >= 0.6 is 0 Å². The van der Waals surface area contributed by atoms with Crippen LogP contribution in [-0.2, 0) is 22.5 Å². The van der Waals surface area contributed by atoms with Gasteiger partial charge in [-0.2, -0.15) is 5.10 Å². The van der Waals surface area contributed by atoms with Crippen molar-refractivity contribution in [3.05, 3.63) is 71.6 Å². The largest absolute Gasteiger partial charge is 0.463 e. The first-order valence-electron chi connectivity index (χ1n) is 10.9. The van der Waals surface area contributed by atoms with E-state index in [1.54, 1.807) is 40.2 Å². The van der Waals surface area contributed by atoms with Crippen molar-refractivity contribution >= 4 is 22.9 Å². The predicted molar refractivity (Wildman–Crippen MR) is 121 cm³/mol. The average Bonchev–Trinajstić information content (AvgIpc) is 3.51. The summed E-state index contributed by atoms with van der Waals surface area (Å²) in [5.74, 6) is -0.276. The Morgan fingerprint density at radius 1 is 1.15 bits per heavy atom. The highest BCUT2D eigenvalue weighted by Gasteiger charge is 2.24. The van der Waals surface area contributed by atoms with Gasteiger partial charge in [-0.3, -0.25) is 4.79 Å². The number of carbonyl (C=O) groups is 2. The second-order valence-electron chi connectivity index (χ2n) is 8.36. The summed E-state index contributed by atoms with van der Waals surface area (Å²) in [4.78, 5) is 32.2. The standard InChI is InChI=1S/C25H24N4O4/c1-16(2)29-24-20(13-26-29)19(12-21(27-24)22-8-5-11-32-22)25(31)33-15-23(30)28-10-9-17-6-3-4-7-18(17)14-28/h3-8,11-13,16H,9-10,14-15H2,1-2H3. The van der Waals surface area contributed by atoms with Crippen molar-refractivity contribution in [3.8, 4) is 11.5 Å². The summed E-state index contributed by atoms with van der Waals surface area (Å²) in [6, 6.07) is 13.3. The molecule has 1 amide bonds. The number of hydrogen-bond donors (Lipinski definition) is 0. The van der Waals surface area contributed by atoms with Crippen molar-refractivity contribution in [2.24, 2.45) is 0 Å². The van der Waals surface area contributed by atoms with Crippen molar-refractivity contribution in [2.75, 3.05) is 13.2 Å². The van der Waals surface area contributed by atoms with E-state index in [0.29, 0.717) is 41.1 Å². The number of fused-ring (bicyclic) bond motifs is 2. The van der Waals surface area contributed by atoms with Crippen LogP contribution in [-0.4, -0.2) is 44.7 Å². The summed E-state index contributed by atoms with van der Waals surface area (Å²) >= 11 is 0. The summed E-state index contributed by atoms with van der Waals surface area (Å²) in [5.41, 5.74) is 3.74. The van der Waals surface area contributed by atoms with Gasteiger partial charge >= 0.3 is 5.97 Å². The van der Waals surface area contributed by atoms with Crippen molar-refractivity contribution in [1.82, 2.24) is 19.7 Å². The molecule has 1 aromatic carbocycles. The molecular formula is C25H24N4O4. The number of ether oxygens (including phenoxy) is 1. The van der Waals surface area contributed by atoms with E-state index in [0.717, 1.165) is 12.0 Å². The predicted octanol–water partition coefficient (Wildman–Crippen LogP) is 4.01. The molecule has 0 radical (unpaired) electrons. The van der Waals surface area contributed by atoms with Gasteiger partial charge in [-0.25, -0.2) is 14.5 Å². The van der Waals surface area contributed by atoms with Crippen LogP contribution in [0.25, 0.3) is 22.5 Å². The van der Waals surface area contributed by atoms with Gasteiger partial charge < -0.3 is 14.1 Å². The molecule has 0 N–H and O–H groups in total. The second kappa shape index (κ2) is 8.54. The molecule has 168 valence electrons. The van der Waals surface area contributed by atoms with Gasteiger partial charge in [0.1, 0.15) is 5.69 Å². The molecule has 0 spiro atoms. The number of hydrogen-bond acceptors (Lipinski definition) is 6. The quantitative estimate of drug-likeness (QED) is 0.432. The number of furan rings is 1. The Kier molecular flexibility index (Phi) is 5.42. The third-order valence-electron chi connectivity index (χ3n) is 5.86. The maximum atomic E-state index is 13.1. The normalized spacial score (nSPS) is 13.4. The van der Waals surface area contributed by atoms with Crippen molar-refractivity contribution in [3.63, 3.8) is 0 Å². The van der Waals surface area contributed by atoms with E-state index in [1.165, 1.54) is 5.56 Å². The Bertz CT molecular complexity index is 1320. The van der Waals surface area contributed by atoms with Crippen LogP contribution < -0.4 is 0 Å². The molecule has 0 atom stereocenters. The molecule has 0 bridgehead atoms. The fourth-order valence-electron chi connectivity index (χ4n) is 4.12. The number of nitrogens with zero attached hydrogens (tertiary/aromatic N) is 4. The fourth-order valence-corrected chi connectivity index (χ4v) is 4.12. The molecule has 8 nitrogen and oxygen atoms in total. The highest BCUT2D eigenvalue weighted by atomic mass is 16.5. The molecule has 8 heteroatoms. The molecule has 0 unspecified atom stereocenters. The van der Waals surface area contributed by atoms with E-state index in [9.17, 15) is 9.59 Å². The summed E-state index contributed by atoms with van der Waals surface area (Å²) in [7, 11) is 0. The number of esters is 1. The number of rotatable bonds is 5. The third kappa shape index (κ3) is 4.00. The van der Waals surface area contributed by atoms with E-state index >= 15 is 0 Å². The van der Waals surface area contributed by atoms with Crippen LogP contribution in [0, 0.1) is 0 Å². The molecule has 33 heavy (non-hydrogen) atoms. The van der Waals surface area contributed by atoms with E-state index in [2.05, 4.69) is 16.1 Å². The Morgan fingerprint density at radius 3 is 2.73 bits per heavy atom. The third-order valence-corrected chi connectivity index (χ3v) is 5.86. The van der Waals surface area contributed by atoms with Crippen molar-refractivity contribution in [2.45, 2.75) is 32.9 Å². The first-order valence-corrected chi connectivity index (χ1v) is 10.9. The molecule has 3 aromatic heterocycles. The highest BCUT2D eigenvalue weighted by molar-refractivity contribution is 6.04. The van der Waals surface area contributed by atoms with Gasteiger partial charge in [-0.05, 0) is 49.6 Å². The topological polar surface area (TPSA) is 90.5 Å². The van der Waals surface area contributed by atoms with Crippen molar-refractivity contribution < 1.29 is 18.7 Å². The monoisotopic (exact) mass is 444 g/mol. The van der Waals surface area contributed by atoms with Crippen LogP contribution in [0.15, 0.2) is 59.3 Å². The summed E-state index contributed by atoms with van der Waals surface area (Å²) in [6.45, 7) is 4.79. The number of amides is 1. The van der Waals surface area contributed by atoms with Crippen LogP contribution in [0.2, 0.25) is 0 Å². The lowest BCUT2D eigenvalue weighted by atomic mass is 10.00. The molecule has 4 aromatic rings. The van der Waals surface area contributed by atoms with Crippen LogP contribution in [0.4, 0.5) is 0 Å². The minimum absolute atomic E-state index is 0.0503. The lowest BCUT2D eigenvalue weighted by Crippen LogP contribution is -2.38. The summed E-state index contributed by atoms with van der Waals surface area (Å²) in [6.07, 6.45) is 3.95. The van der Waals surface area contributed by atoms with Crippen LogP contribution in [0.5, 0.6) is 0 Å². The van der Waals surface area contributed by atoms with E-state index in [-0.39, 0.29) is 18.6 Å². The van der Waals surface area contributed by atoms with E-state index < -0.39 is 5.97 Å². The minimum atomic E-state index is -0.593. The minimum Gasteiger partial charge on any atom is -0.463 e. The fraction of sp³-hybridized carbons (Fsp3) is 0.280. The number of aromatic nitrogens is 3. The molecule has 4 heterocycles. The molecule has 1 aliphatic rings. The van der Waals surface area contributed by atoms with Gasteiger partial charge in [0.15, 0.2) is 18.0 Å². The Hall–Kier alpha value is -3.94. The second-order valence-corrected chi connectivity index (χ2v) is 8.36. The number of benzene rings is 1. The van der Waals surface area contributed by atoms with Gasteiger partial charge in [0.2, 0.25) is 0 Å². The zero-order valence-electron chi connectivity index (χ0n) is 18.5. The lowest BCUT2D eigenvalue weighted by Gasteiger charge is -2.28. The van der Waals surface area contributed by atoms with Gasteiger partial charge in [0.05, 0.1) is 23.4 Å². The molecule has 0 fully saturated rings. The smallest absolute Gasteiger partial charge is 0.339 e. The Balaban J connectivity index is 1.37. The Labute approximate surface area is 190 Å². The number of carbonyl (C=O) groups excluding carboxylic acids is 2. The molecule has 5 rings (SSSR count). The molecule has 0 aliphatic carbocycles. The average molecular weight is 444 g/mol. The molecule has 0 saturated heterocycles. The van der Waals surface area contributed by atoms with Gasteiger partial charge in [-0.15, -0.1) is 0 Å². The van der Waals surface area contributed by atoms with Gasteiger partial charge in [-0.1, -0.05) is 24.3 Å². The zero-order chi connectivity index (χ0) is 22.9. The van der Waals surface area contributed by atoms with Crippen LogP contribution in [0.1, 0.15) is 41.4 Å². The van der Waals surface area contributed by atoms with Crippen molar-refractivity contribution in [1.29, 1.82) is 0 Å². The van der Waals surface area contributed by atoms with Gasteiger partial charge in [0.25, 0.3) is 5.91 Å². The molecule has 0 saturated carbocycles. The number of pyridine rings is 1. The van der Waals surface area contributed by atoms with E-state index in [1.807, 2.05) is 32.0 Å². The summed E-state index contributed by atoms with van der Waals surface area (Å²) < 4.78 is 12.7. The maximum absolute atomic E-state index is 13.1. The van der Waals surface area contributed by atoms with Gasteiger partial charge in [0, 0.05) is 19.1 Å². The Morgan fingerprint density at radius 2 is 1.97 bits per heavy atom. The first kappa shape index (κ1) is 20.9. The first-order chi connectivity index (χ1) is 16.0. The summed E-state index contributed by atoms with van der Waals surface area (Å²) in [5, 5.41) is 4.96.